The molecule has 2 aliphatic rings. The lowest BCUT2D eigenvalue weighted by molar-refractivity contribution is 0.132. The molecular weight excluding hydrogens is 697 g/mol. The number of hydrogen-bond acceptors (Lipinski definition) is 3. The minimum Gasteiger partial charge on any atom is -0.310 e. The highest BCUT2D eigenvalue weighted by molar-refractivity contribution is 7.25. The van der Waals surface area contributed by atoms with Gasteiger partial charge in [0.15, 0.2) is 0 Å². The van der Waals surface area contributed by atoms with Crippen molar-refractivity contribution >= 4 is 65.6 Å². The molecule has 2 saturated carbocycles. The fraction of sp³-hybridized carbons (Fsp3) is 0.208. The summed E-state index contributed by atoms with van der Waals surface area (Å²) in [6, 6.07) is 64.7. The van der Waals surface area contributed by atoms with E-state index in [0.29, 0.717) is 0 Å². The molecule has 0 saturated heterocycles. The van der Waals surface area contributed by atoms with Gasteiger partial charge < -0.3 is 9.80 Å². The van der Waals surface area contributed by atoms with Gasteiger partial charge in [-0.05, 0) is 145 Å². The van der Waals surface area contributed by atoms with Gasteiger partial charge in [0.2, 0.25) is 0 Å². The Morgan fingerprint density at radius 3 is 1.70 bits per heavy atom. The monoisotopic (exact) mass is 744 g/mol. The Hall–Kier alpha value is -5.64. The molecule has 0 spiro atoms. The Kier molecular flexibility index (Phi) is 9.62. The van der Waals surface area contributed by atoms with Crippen LogP contribution in [-0.2, 0) is 6.42 Å². The summed E-state index contributed by atoms with van der Waals surface area (Å²) in [7, 11) is 0. The normalized spacial score (nSPS) is 17.9. The first kappa shape index (κ1) is 34.8. The molecule has 0 radical (unpaired) electrons. The molecule has 0 amide bonds. The third kappa shape index (κ3) is 7.13. The van der Waals surface area contributed by atoms with Crippen LogP contribution in [0.15, 0.2) is 176 Å². The second-order valence-corrected chi connectivity index (χ2v) is 17.2. The van der Waals surface area contributed by atoms with Crippen LogP contribution in [0.1, 0.15) is 50.5 Å². The van der Waals surface area contributed by atoms with Crippen molar-refractivity contribution in [2.75, 3.05) is 9.80 Å². The molecule has 2 bridgehead atoms. The van der Waals surface area contributed by atoms with Crippen molar-refractivity contribution in [2.24, 2.45) is 17.8 Å². The number of fused-ring (bicyclic) bond motifs is 5. The van der Waals surface area contributed by atoms with E-state index in [2.05, 4.69) is 186 Å². The molecule has 8 aromatic rings. The molecule has 7 aromatic carbocycles. The summed E-state index contributed by atoms with van der Waals surface area (Å²) in [4.78, 5) is 4.82. The topological polar surface area (TPSA) is 6.48 Å². The number of thiophene rings is 1. The third-order valence-corrected chi connectivity index (χ3v) is 13.6. The molecular formula is C53H48N2S. The predicted molar refractivity (Wildman–Crippen MR) is 241 cm³/mol. The van der Waals surface area contributed by atoms with Crippen molar-refractivity contribution in [3.05, 3.63) is 181 Å². The minimum absolute atomic E-state index is 0.896. The van der Waals surface area contributed by atoms with Crippen LogP contribution in [0.4, 0.5) is 34.1 Å². The van der Waals surface area contributed by atoms with Gasteiger partial charge in [-0.15, -0.1) is 11.3 Å². The maximum atomic E-state index is 2.42. The van der Waals surface area contributed by atoms with Gasteiger partial charge in [0.1, 0.15) is 0 Å². The second kappa shape index (κ2) is 15.5. The van der Waals surface area contributed by atoms with Crippen molar-refractivity contribution in [3.63, 3.8) is 0 Å². The van der Waals surface area contributed by atoms with Crippen molar-refractivity contribution in [1.82, 2.24) is 0 Å². The van der Waals surface area contributed by atoms with Crippen molar-refractivity contribution in [2.45, 2.75) is 51.4 Å². The molecule has 56 heavy (non-hydrogen) atoms. The number of aryl methyl sites for hydroxylation is 1. The summed E-state index contributed by atoms with van der Waals surface area (Å²) in [5.74, 6) is 2.88. The second-order valence-electron chi connectivity index (χ2n) is 16.2. The molecule has 0 N–H and O–H groups in total. The van der Waals surface area contributed by atoms with Gasteiger partial charge in [0.05, 0.1) is 0 Å². The molecule has 2 aliphatic carbocycles. The van der Waals surface area contributed by atoms with Crippen LogP contribution in [0.5, 0.6) is 0 Å². The van der Waals surface area contributed by atoms with Crippen molar-refractivity contribution in [1.29, 1.82) is 0 Å². The molecule has 2 atom stereocenters. The first-order valence-corrected chi connectivity index (χ1v) is 21.4. The fourth-order valence-electron chi connectivity index (χ4n) is 9.82. The maximum absolute atomic E-state index is 2.42. The molecule has 0 aliphatic heterocycles. The summed E-state index contributed by atoms with van der Waals surface area (Å²) in [6.45, 7) is 0. The van der Waals surface area contributed by atoms with Gasteiger partial charge in [-0.25, -0.2) is 0 Å². The van der Waals surface area contributed by atoms with Crippen LogP contribution in [-0.4, -0.2) is 0 Å². The number of rotatable bonds is 10. The number of nitrogens with zero attached hydrogens (tertiary/aromatic N) is 2. The largest absolute Gasteiger partial charge is 0.310 e. The van der Waals surface area contributed by atoms with E-state index in [1.807, 2.05) is 11.3 Å². The van der Waals surface area contributed by atoms with E-state index < -0.39 is 0 Å². The summed E-state index contributed by atoms with van der Waals surface area (Å²) in [5.41, 5.74) is 10.7. The van der Waals surface area contributed by atoms with Gasteiger partial charge in [0, 0.05) is 54.3 Å². The quantitative estimate of drug-likeness (QED) is 0.138. The maximum Gasteiger partial charge on any atom is 0.0482 e. The number of hydrogen-bond donors (Lipinski definition) is 0. The first-order valence-electron chi connectivity index (χ1n) is 20.6. The molecule has 3 heteroatoms. The smallest absolute Gasteiger partial charge is 0.0482 e. The molecule has 2 fully saturated rings. The predicted octanol–water partition coefficient (Wildman–Crippen LogP) is 15.8. The summed E-state index contributed by atoms with van der Waals surface area (Å²) in [5, 5.41) is 2.61. The number of para-hydroxylation sites is 1. The van der Waals surface area contributed by atoms with Crippen LogP contribution in [0.25, 0.3) is 31.3 Å². The fourth-order valence-corrected chi connectivity index (χ4v) is 10.9. The Morgan fingerprint density at radius 1 is 0.429 bits per heavy atom. The van der Waals surface area contributed by atoms with E-state index in [4.69, 9.17) is 0 Å². The van der Waals surface area contributed by atoms with Crippen molar-refractivity contribution in [3.8, 4) is 11.1 Å². The summed E-state index contributed by atoms with van der Waals surface area (Å²) < 4.78 is 2.63. The summed E-state index contributed by atoms with van der Waals surface area (Å²) in [6.07, 6.45) is 11.3. The van der Waals surface area contributed by atoms with Crippen LogP contribution in [0.2, 0.25) is 0 Å². The molecule has 276 valence electrons. The number of benzene rings is 7. The lowest BCUT2D eigenvalue weighted by atomic mass is 9.67. The van der Waals surface area contributed by atoms with Gasteiger partial charge in [-0.1, -0.05) is 116 Å². The Morgan fingerprint density at radius 2 is 0.964 bits per heavy atom. The Labute approximate surface area is 335 Å². The van der Waals surface area contributed by atoms with Crippen LogP contribution >= 0.6 is 11.3 Å². The van der Waals surface area contributed by atoms with E-state index in [1.54, 1.807) is 0 Å². The minimum atomic E-state index is 0.896. The van der Waals surface area contributed by atoms with Crippen molar-refractivity contribution < 1.29 is 0 Å². The number of anilines is 6. The first-order chi connectivity index (χ1) is 27.7. The van der Waals surface area contributed by atoms with Gasteiger partial charge in [-0.3, -0.25) is 0 Å². The average Bonchev–Trinajstić information content (AvgIpc) is 3.63. The highest BCUT2D eigenvalue weighted by Crippen LogP contribution is 2.45. The lowest BCUT2D eigenvalue weighted by Crippen LogP contribution is -2.27. The van der Waals surface area contributed by atoms with Crippen LogP contribution in [0, 0.1) is 17.8 Å². The SMILES string of the molecule is c1ccc(-c2ccc(N(c3ccc(CCC4CC5CCCC(C5)C4)cc3)c3cccc(N(c4ccccc4)c4ccc5sc6ccccc6c5c4)c3)cc2)cc1. The van der Waals surface area contributed by atoms with Crippen LogP contribution in [0.3, 0.4) is 0 Å². The van der Waals surface area contributed by atoms with E-state index in [0.717, 1.165) is 46.2 Å². The zero-order valence-corrected chi connectivity index (χ0v) is 32.8. The van der Waals surface area contributed by atoms with E-state index in [-0.39, 0.29) is 0 Å². The molecule has 2 nitrogen and oxygen atoms in total. The average molecular weight is 745 g/mol. The van der Waals surface area contributed by atoms with E-state index in [9.17, 15) is 0 Å². The van der Waals surface area contributed by atoms with E-state index in [1.165, 1.54) is 93.9 Å². The zero-order valence-electron chi connectivity index (χ0n) is 31.9. The highest BCUT2D eigenvalue weighted by Gasteiger charge is 2.31. The van der Waals surface area contributed by atoms with E-state index >= 15 is 0 Å². The van der Waals surface area contributed by atoms with Gasteiger partial charge in [0.25, 0.3) is 0 Å². The van der Waals surface area contributed by atoms with Gasteiger partial charge >= 0.3 is 0 Å². The zero-order chi connectivity index (χ0) is 37.3. The summed E-state index contributed by atoms with van der Waals surface area (Å²) >= 11 is 1.86. The lowest BCUT2D eigenvalue weighted by Gasteiger charge is -2.39. The molecule has 1 heterocycles. The Balaban J connectivity index is 1.01. The Bertz CT molecular complexity index is 2540. The van der Waals surface area contributed by atoms with Gasteiger partial charge in [-0.2, -0.15) is 0 Å². The standard InChI is InChI=1S/C53H48N2S/c1-3-13-42(14-4-1)43-25-29-46(30-26-43)54(45-27-23-38(24-28-45)21-22-41-34-39-11-9-12-40(33-39)35-41)47-17-10-18-48(36-47)55(44-15-5-2-6-16-44)49-31-32-53-51(37-49)50-19-7-8-20-52(50)56-53/h1-8,10,13-20,23-32,36-37,39-41H,9,11-12,21-22,33-35H2. The van der Waals surface area contributed by atoms with Crippen LogP contribution < -0.4 is 9.80 Å². The third-order valence-electron chi connectivity index (χ3n) is 12.5. The molecule has 2 unspecified atom stereocenters. The molecule has 10 rings (SSSR count). The molecule has 1 aromatic heterocycles. The highest BCUT2D eigenvalue weighted by atomic mass is 32.1.